The molecule has 2 heterocycles. The first kappa shape index (κ1) is 29.0. The molecule has 0 aromatic carbocycles. The second-order valence-corrected chi connectivity index (χ2v) is 9.67. The number of hydrogen-bond acceptors (Lipinski definition) is 9. The lowest BCUT2D eigenvalue weighted by atomic mass is 9.60. The maximum atomic E-state index is 13.9. The highest BCUT2D eigenvalue weighted by Crippen LogP contribution is 2.42. The summed E-state index contributed by atoms with van der Waals surface area (Å²) in [6.45, 7) is 3.43. The van der Waals surface area contributed by atoms with E-state index in [9.17, 15) is 37.9 Å². The summed E-state index contributed by atoms with van der Waals surface area (Å²) in [5.41, 5.74) is -5.21. The van der Waals surface area contributed by atoms with E-state index >= 15 is 0 Å². The van der Waals surface area contributed by atoms with Gasteiger partial charge in [-0.1, -0.05) is 11.8 Å². The molecule has 1 aromatic rings. The number of carbonyl (C=O) groups is 1. The molecule has 6 atom stereocenters. The molecule has 35 heavy (non-hydrogen) atoms. The van der Waals surface area contributed by atoms with Gasteiger partial charge in [-0.3, -0.25) is 23.7 Å². The number of carbonyl (C=O) groups excluding carboxylic acids is 1. The highest BCUT2D eigenvalue weighted by atomic mass is 31.1. The van der Waals surface area contributed by atoms with E-state index in [4.69, 9.17) is 14.0 Å². The lowest BCUT2D eigenvalue weighted by Gasteiger charge is -2.34. The van der Waals surface area contributed by atoms with Crippen molar-refractivity contribution in [3.63, 3.8) is 0 Å². The van der Waals surface area contributed by atoms with Gasteiger partial charge in [-0.05, 0) is 20.8 Å². The Balaban J connectivity index is 2.35. The van der Waals surface area contributed by atoms with E-state index in [0.717, 1.165) is 0 Å². The zero-order chi connectivity index (χ0) is 26.7. The van der Waals surface area contributed by atoms with Crippen LogP contribution >= 0.6 is 8.18 Å². The number of hydrogen-bond donors (Lipinski definition) is 4. The third-order valence-corrected chi connectivity index (χ3v) is 6.38. The summed E-state index contributed by atoms with van der Waals surface area (Å²) in [6.07, 6.45) is -5.43. The molecule has 1 aliphatic heterocycles. The number of nitrogens with one attached hydrogen (secondary N) is 2. The molecule has 17 heteroatoms. The number of H-pyrrole nitrogens is 1. The van der Waals surface area contributed by atoms with Crippen LogP contribution in [0.25, 0.3) is 0 Å². The largest absolute Gasteiger partial charge is 0.462 e. The second-order valence-electron chi connectivity index (χ2n) is 8.60. The summed E-state index contributed by atoms with van der Waals surface area (Å²) in [5.74, 6) is 1.90. The third kappa shape index (κ3) is 6.49. The van der Waals surface area contributed by atoms with E-state index in [1.54, 1.807) is 18.8 Å². The van der Waals surface area contributed by atoms with Crippen LogP contribution in [-0.2, 0) is 23.4 Å². The van der Waals surface area contributed by atoms with Crippen LogP contribution in [0.15, 0.2) is 15.8 Å². The first-order chi connectivity index (χ1) is 16.1. The monoisotopic (exact) mass is 519 g/mol. The zero-order valence-corrected chi connectivity index (χ0v) is 20.6. The van der Waals surface area contributed by atoms with Crippen molar-refractivity contribution >= 4 is 29.8 Å². The van der Waals surface area contributed by atoms with Crippen molar-refractivity contribution in [1.82, 2.24) is 14.6 Å². The number of aliphatic hydroxyl groups excluding tert-OH is 1. The van der Waals surface area contributed by atoms with Crippen LogP contribution < -0.4 is 16.3 Å². The molecule has 0 aliphatic carbocycles. The van der Waals surface area contributed by atoms with Crippen molar-refractivity contribution in [3.8, 4) is 11.8 Å². The molecule has 0 amide bonds. The fourth-order valence-electron chi connectivity index (χ4n) is 3.36. The summed E-state index contributed by atoms with van der Waals surface area (Å²) in [4.78, 5) is 37.3. The minimum atomic E-state index is -3.19. The van der Waals surface area contributed by atoms with Crippen LogP contribution in [0.3, 0.4) is 0 Å². The maximum absolute atomic E-state index is 13.9. The van der Waals surface area contributed by atoms with Gasteiger partial charge in [-0.25, -0.2) is 14.3 Å². The standard InChI is InChI=1S/C18H26B2F2N3O9P/c1-8(2)32-14(28)9(3)24-35(31)34-18(19,20)12-11(26)17(30,5-4-6-21)15(33-12)25-7-10(22)13(27)23-16(25)29/h7-9,11-12,15,26,30,35H,6,19-20H2,1-3H3,(H,24,31)(H,23,27,29)/t9-,11?,12?,15+,17+/m0/s1. The van der Waals surface area contributed by atoms with Gasteiger partial charge in [0.25, 0.3) is 13.7 Å². The number of aromatic nitrogens is 2. The summed E-state index contributed by atoms with van der Waals surface area (Å²) in [7, 11) is -0.539. The normalized spacial score (nSPS) is 26.1. The first-order valence-corrected chi connectivity index (χ1v) is 11.8. The molecule has 0 radical (unpaired) electrons. The van der Waals surface area contributed by atoms with Gasteiger partial charge < -0.3 is 24.2 Å². The minimum absolute atomic E-state index is 0.408. The second kappa shape index (κ2) is 11.2. The van der Waals surface area contributed by atoms with Gasteiger partial charge in [0.15, 0.2) is 11.8 Å². The first-order valence-electron chi connectivity index (χ1n) is 10.5. The van der Waals surface area contributed by atoms with Gasteiger partial charge >= 0.3 is 11.7 Å². The Morgan fingerprint density at radius 1 is 1.46 bits per heavy atom. The molecule has 12 nitrogen and oxygen atoms in total. The number of aromatic amines is 1. The molecule has 2 rings (SSSR count). The van der Waals surface area contributed by atoms with Crippen LogP contribution in [0.4, 0.5) is 8.78 Å². The van der Waals surface area contributed by atoms with Crippen molar-refractivity contribution in [2.45, 2.75) is 62.4 Å². The lowest BCUT2D eigenvalue weighted by Crippen LogP contribution is -2.55. The van der Waals surface area contributed by atoms with Gasteiger partial charge in [0, 0.05) is 5.40 Å². The predicted octanol–water partition coefficient (Wildman–Crippen LogP) is -3.11. The van der Waals surface area contributed by atoms with E-state index in [2.05, 4.69) is 11.0 Å². The minimum Gasteiger partial charge on any atom is -0.462 e. The molecule has 0 bridgehead atoms. The maximum Gasteiger partial charge on any atom is 0.330 e. The number of ether oxygens (including phenoxy) is 2. The van der Waals surface area contributed by atoms with Crippen LogP contribution in [0.1, 0.15) is 27.0 Å². The third-order valence-electron chi connectivity index (χ3n) is 5.00. The van der Waals surface area contributed by atoms with Crippen LogP contribution in [0.5, 0.6) is 0 Å². The molecular formula is C18H26B2F2N3O9P. The molecule has 4 N–H and O–H groups in total. The van der Waals surface area contributed by atoms with Crippen LogP contribution in [0, 0.1) is 17.7 Å². The Labute approximate surface area is 201 Å². The quantitative estimate of drug-likeness (QED) is 0.120. The fraction of sp³-hybridized carbons (Fsp3) is 0.611. The average molecular weight is 519 g/mol. The number of alkyl halides is 1. The van der Waals surface area contributed by atoms with Crippen molar-refractivity contribution in [2.24, 2.45) is 0 Å². The fourth-order valence-corrected chi connectivity index (χ4v) is 4.48. The Hall–Kier alpha value is -2.27. The zero-order valence-electron chi connectivity index (χ0n) is 19.6. The van der Waals surface area contributed by atoms with Gasteiger partial charge in [0.05, 0.1) is 12.3 Å². The summed E-state index contributed by atoms with van der Waals surface area (Å²) >= 11 is 0. The van der Waals surface area contributed by atoms with Gasteiger partial charge in [-0.2, -0.15) is 4.39 Å². The smallest absolute Gasteiger partial charge is 0.330 e. The number of esters is 1. The lowest BCUT2D eigenvalue weighted by molar-refractivity contribution is -0.149. The number of nitrogens with zero attached hydrogens (tertiary/aromatic N) is 1. The van der Waals surface area contributed by atoms with Gasteiger partial charge in [0.2, 0.25) is 5.82 Å². The molecule has 1 aromatic heterocycles. The van der Waals surface area contributed by atoms with Crippen LogP contribution in [0.2, 0.25) is 0 Å². The number of halogens is 2. The van der Waals surface area contributed by atoms with E-state index in [1.165, 1.54) is 22.6 Å². The average Bonchev–Trinajstić information content (AvgIpc) is 3.00. The van der Waals surface area contributed by atoms with E-state index in [1.807, 2.05) is 5.92 Å². The van der Waals surface area contributed by atoms with E-state index in [0.29, 0.717) is 10.8 Å². The SMILES string of the molecule is BC(B)(O[PH](=O)N[C@@H](C)C(=O)OC(C)C)C1O[C@@H](n2cc(F)c(=O)[nH]c2=O)[C@@](O)(C#CCF)C1O. The van der Waals surface area contributed by atoms with Gasteiger partial charge in [0.1, 0.15) is 40.6 Å². The highest BCUT2D eigenvalue weighted by molar-refractivity contribution is 7.37. The summed E-state index contributed by atoms with van der Waals surface area (Å²) in [6, 6.07) is -1.02. The topological polar surface area (TPSA) is 169 Å². The van der Waals surface area contributed by atoms with Gasteiger partial charge in [-0.15, -0.1) is 0 Å². The Bertz CT molecular complexity index is 1150. The van der Waals surface area contributed by atoms with Crippen molar-refractivity contribution in [1.29, 1.82) is 0 Å². The Morgan fingerprint density at radius 3 is 2.66 bits per heavy atom. The molecular weight excluding hydrogens is 493 g/mol. The van der Waals surface area contributed by atoms with Crippen molar-refractivity contribution in [2.75, 3.05) is 6.67 Å². The number of rotatable bonds is 8. The highest BCUT2D eigenvalue weighted by Gasteiger charge is 2.60. The van der Waals surface area contributed by atoms with Crippen LogP contribution in [-0.4, -0.2) is 83.5 Å². The Kier molecular flexibility index (Phi) is 9.27. The molecule has 3 unspecified atom stereocenters. The molecule has 0 saturated carbocycles. The number of aliphatic hydroxyl groups is 2. The summed E-state index contributed by atoms with van der Waals surface area (Å²) < 4.78 is 55.7. The molecule has 192 valence electrons. The molecule has 1 fully saturated rings. The Morgan fingerprint density at radius 2 is 2.09 bits per heavy atom. The predicted molar refractivity (Wildman–Crippen MR) is 124 cm³/mol. The molecule has 0 spiro atoms. The van der Waals surface area contributed by atoms with E-state index in [-0.39, 0.29) is 0 Å². The summed E-state index contributed by atoms with van der Waals surface area (Å²) in [5, 5.41) is 22.7. The van der Waals surface area contributed by atoms with Crippen molar-refractivity contribution in [3.05, 3.63) is 32.9 Å². The molecule has 1 saturated heterocycles. The van der Waals surface area contributed by atoms with Crippen molar-refractivity contribution < 1.29 is 42.4 Å². The molecule has 1 aliphatic rings. The van der Waals surface area contributed by atoms with E-state index < -0.39 is 79.5 Å².